The van der Waals surface area contributed by atoms with E-state index in [4.69, 9.17) is 9.47 Å². The molecule has 0 radical (unpaired) electrons. The van der Waals surface area contributed by atoms with Crippen molar-refractivity contribution in [3.8, 4) is 5.75 Å². The quantitative estimate of drug-likeness (QED) is 0.457. The van der Waals surface area contributed by atoms with Gasteiger partial charge >= 0.3 is 12.1 Å². The van der Waals surface area contributed by atoms with Crippen LogP contribution in [-0.2, 0) is 16.0 Å². The number of hydrogen-bond acceptors (Lipinski definition) is 4. The predicted octanol–water partition coefficient (Wildman–Crippen LogP) is 5.34. The average Bonchev–Trinajstić information content (AvgIpc) is 2.62. The summed E-state index contributed by atoms with van der Waals surface area (Å²) in [5.41, 5.74) is -1.11. The number of carboxylic acid groups (broad SMARTS) is 1. The predicted molar refractivity (Wildman–Crippen MR) is 114 cm³/mol. The Hall–Kier alpha value is -2.24. The topological polar surface area (TPSA) is 84.9 Å². The van der Waals surface area contributed by atoms with E-state index in [0.29, 0.717) is 13.0 Å². The Morgan fingerprint density at radius 1 is 1.00 bits per heavy atom. The first-order valence-electron chi connectivity index (χ1n) is 10.5. The molecule has 1 aromatic rings. The molecule has 0 saturated carbocycles. The molecule has 0 aliphatic heterocycles. The molecule has 0 aliphatic carbocycles. The molecule has 6 nitrogen and oxygen atoms in total. The first kappa shape index (κ1) is 24.8. The first-order chi connectivity index (χ1) is 13.6. The van der Waals surface area contributed by atoms with Crippen LogP contribution < -0.4 is 10.1 Å². The summed E-state index contributed by atoms with van der Waals surface area (Å²) in [4.78, 5) is 23.7. The molecular formula is C23H37NO5. The molecule has 1 rings (SSSR count). The molecule has 29 heavy (non-hydrogen) atoms. The molecule has 6 heteroatoms. The highest BCUT2D eigenvalue weighted by molar-refractivity contribution is 5.84. The normalized spacial score (nSPS) is 13.4. The monoisotopic (exact) mass is 407 g/mol. The lowest BCUT2D eigenvalue weighted by Gasteiger charge is -2.28. The van der Waals surface area contributed by atoms with Crippen molar-refractivity contribution >= 4 is 12.1 Å². The fourth-order valence-electron chi connectivity index (χ4n) is 2.79. The van der Waals surface area contributed by atoms with Crippen LogP contribution in [0, 0.1) is 0 Å². The van der Waals surface area contributed by atoms with E-state index in [1.165, 1.54) is 32.6 Å². The maximum absolute atomic E-state index is 12.0. The number of carboxylic acids is 1. The van der Waals surface area contributed by atoms with Crippen molar-refractivity contribution in [2.24, 2.45) is 0 Å². The van der Waals surface area contributed by atoms with Gasteiger partial charge < -0.3 is 19.9 Å². The van der Waals surface area contributed by atoms with E-state index in [-0.39, 0.29) is 6.42 Å². The van der Waals surface area contributed by atoms with Gasteiger partial charge in [-0.05, 0) is 64.7 Å². The van der Waals surface area contributed by atoms with Crippen molar-refractivity contribution in [2.45, 2.75) is 90.7 Å². The van der Waals surface area contributed by atoms with Crippen LogP contribution in [-0.4, -0.2) is 34.9 Å². The van der Waals surface area contributed by atoms with Crippen LogP contribution >= 0.6 is 0 Å². The lowest BCUT2D eigenvalue weighted by atomic mass is 9.93. The molecule has 1 unspecified atom stereocenters. The second-order valence-electron chi connectivity index (χ2n) is 8.67. The maximum atomic E-state index is 12.0. The fraction of sp³-hybridized carbons (Fsp3) is 0.652. The van der Waals surface area contributed by atoms with Crippen LogP contribution in [0.15, 0.2) is 24.3 Å². The molecular weight excluding hydrogens is 370 g/mol. The third-order valence-corrected chi connectivity index (χ3v) is 4.60. The number of rotatable bonds is 12. The second kappa shape index (κ2) is 11.7. The van der Waals surface area contributed by atoms with Gasteiger partial charge in [-0.1, -0.05) is 44.7 Å². The minimum Gasteiger partial charge on any atom is -0.494 e. The van der Waals surface area contributed by atoms with E-state index in [0.717, 1.165) is 17.7 Å². The highest BCUT2D eigenvalue weighted by atomic mass is 16.6. The van der Waals surface area contributed by atoms with Crippen LogP contribution in [0.25, 0.3) is 0 Å². The van der Waals surface area contributed by atoms with Crippen molar-refractivity contribution in [1.82, 2.24) is 5.32 Å². The summed E-state index contributed by atoms with van der Waals surface area (Å²) < 4.78 is 10.9. The molecule has 1 amide bonds. The smallest absolute Gasteiger partial charge is 0.408 e. The van der Waals surface area contributed by atoms with Gasteiger partial charge in [0.25, 0.3) is 0 Å². The second-order valence-corrected chi connectivity index (χ2v) is 8.67. The third kappa shape index (κ3) is 10.2. The Kier molecular flexibility index (Phi) is 9.99. The summed E-state index contributed by atoms with van der Waals surface area (Å²) in [5, 5.41) is 12.1. The molecule has 0 spiro atoms. The zero-order valence-corrected chi connectivity index (χ0v) is 18.5. The Morgan fingerprint density at radius 2 is 1.62 bits per heavy atom. The zero-order chi connectivity index (χ0) is 21.9. The van der Waals surface area contributed by atoms with Gasteiger partial charge in [0.15, 0.2) is 0 Å². The van der Waals surface area contributed by atoms with Gasteiger partial charge in [0.2, 0.25) is 0 Å². The lowest BCUT2D eigenvalue weighted by molar-refractivity contribution is -0.144. The van der Waals surface area contributed by atoms with Crippen LogP contribution in [0.1, 0.15) is 78.7 Å². The summed E-state index contributed by atoms with van der Waals surface area (Å²) >= 11 is 0. The minimum atomic E-state index is -1.41. The van der Waals surface area contributed by atoms with Crippen molar-refractivity contribution in [2.75, 3.05) is 6.61 Å². The number of aryl methyl sites for hydroxylation is 1. The van der Waals surface area contributed by atoms with Gasteiger partial charge in [0.05, 0.1) is 6.61 Å². The Bertz CT molecular complexity index is 636. The molecule has 1 atom stereocenters. The van der Waals surface area contributed by atoms with E-state index in [1.54, 1.807) is 20.8 Å². The SMILES string of the molecule is CCCCCCCOc1ccc(CCC(C)(NC(=O)OC(C)(C)C)C(=O)O)cc1. The molecule has 0 aliphatic rings. The number of carbonyl (C=O) groups is 2. The number of ether oxygens (including phenoxy) is 2. The molecule has 0 heterocycles. The summed E-state index contributed by atoms with van der Waals surface area (Å²) in [6, 6.07) is 7.67. The molecule has 164 valence electrons. The number of hydrogen-bond donors (Lipinski definition) is 2. The summed E-state index contributed by atoms with van der Waals surface area (Å²) in [6.07, 6.45) is 6.01. The first-order valence-corrected chi connectivity index (χ1v) is 10.5. The molecule has 1 aromatic carbocycles. The average molecular weight is 408 g/mol. The summed E-state index contributed by atoms with van der Waals surface area (Å²) in [6.45, 7) is 9.61. The number of unbranched alkanes of at least 4 members (excludes halogenated alkanes) is 4. The van der Waals surface area contributed by atoms with Gasteiger partial charge in [0, 0.05) is 0 Å². The van der Waals surface area contributed by atoms with E-state index < -0.39 is 23.2 Å². The van der Waals surface area contributed by atoms with Crippen molar-refractivity contribution in [3.05, 3.63) is 29.8 Å². The standard InChI is InChI=1S/C23H37NO5/c1-6-7-8-9-10-17-28-19-13-11-18(12-14-19)15-16-23(5,20(25)26)24-21(27)29-22(2,3)4/h11-14H,6-10,15-17H2,1-5H3,(H,24,27)(H,25,26). The third-order valence-electron chi connectivity index (χ3n) is 4.60. The zero-order valence-electron chi connectivity index (χ0n) is 18.5. The van der Waals surface area contributed by atoms with E-state index in [9.17, 15) is 14.7 Å². The number of aliphatic carboxylic acids is 1. The van der Waals surface area contributed by atoms with E-state index >= 15 is 0 Å². The number of benzene rings is 1. The Balaban J connectivity index is 2.52. The number of alkyl carbamates (subject to hydrolysis) is 1. The lowest BCUT2D eigenvalue weighted by Crippen LogP contribution is -2.53. The van der Waals surface area contributed by atoms with Crippen LogP contribution in [0.5, 0.6) is 5.75 Å². The molecule has 2 N–H and O–H groups in total. The van der Waals surface area contributed by atoms with Crippen LogP contribution in [0.2, 0.25) is 0 Å². The van der Waals surface area contributed by atoms with Gasteiger partial charge in [-0.25, -0.2) is 9.59 Å². The van der Waals surface area contributed by atoms with E-state index in [1.807, 2.05) is 24.3 Å². The van der Waals surface area contributed by atoms with Gasteiger partial charge in [0.1, 0.15) is 16.9 Å². The molecule has 0 saturated heterocycles. The largest absolute Gasteiger partial charge is 0.494 e. The van der Waals surface area contributed by atoms with Gasteiger partial charge in [-0.2, -0.15) is 0 Å². The highest BCUT2D eigenvalue weighted by Crippen LogP contribution is 2.19. The van der Waals surface area contributed by atoms with Crippen LogP contribution in [0.3, 0.4) is 0 Å². The van der Waals surface area contributed by atoms with Crippen molar-refractivity contribution < 1.29 is 24.2 Å². The highest BCUT2D eigenvalue weighted by Gasteiger charge is 2.36. The molecule has 0 bridgehead atoms. The number of carbonyl (C=O) groups excluding carboxylic acids is 1. The Morgan fingerprint density at radius 3 is 2.17 bits per heavy atom. The fourth-order valence-corrected chi connectivity index (χ4v) is 2.79. The van der Waals surface area contributed by atoms with Gasteiger partial charge in [-0.15, -0.1) is 0 Å². The Labute approximate surface area is 175 Å². The van der Waals surface area contributed by atoms with E-state index in [2.05, 4.69) is 12.2 Å². The summed E-state index contributed by atoms with van der Waals surface area (Å²) in [7, 11) is 0. The summed E-state index contributed by atoms with van der Waals surface area (Å²) in [5.74, 6) is -0.275. The molecule has 0 fully saturated rings. The molecule has 0 aromatic heterocycles. The number of amides is 1. The van der Waals surface area contributed by atoms with Crippen molar-refractivity contribution in [3.63, 3.8) is 0 Å². The van der Waals surface area contributed by atoms with Crippen molar-refractivity contribution in [1.29, 1.82) is 0 Å². The maximum Gasteiger partial charge on any atom is 0.408 e. The van der Waals surface area contributed by atoms with Gasteiger partial charge in [-0.3, -0.25) is 0 Å². The minimum absolute atomic E-state index is 0.249. The number of nitrogens with one attached hydrogen (secondary N) is 1. The van der Waals surface area contributed by atoms with Crippen LogP contribution in [0.4, 0.5) is 4.79 Å².